The number of hydrogen-bond acceptors (Lipinski definition) is 5. The molecule has 8 heteroatoms. The molecule has 0 saturated heterocycles. The van der Waals surface area contributed by atoms with Crippen LogP contribution in [-0.4, -0.2) is 55.0 Å². The van der Waals surface area contributed by atoms with Crippen molar-refractivity contribution in [3.8, 4) is 11.1 Å². The first-order valence-corrected chi connectivity index (χ1v) is 10.9. The molecular formula is C25H30N2O6. The number of aliphatic carboxylic acids is 1. The van der Waals surface area contributed by atoms with Crippen LogP contribution in [0.2, 0.25) is 0 Å². The maximum absolute atomic E-state index is 12.3. The van der Waals surface area contributed by atoms with Crippen LogP contribution < -0.4 is 10.6 Å². The van der Waals surface area contributed by atoms with Gasteiger partial charge in [-0.1, -0.05) is 55.5 Å². The molecule has 3 rings (SSSR count). The van der Waals surface area contributed by atoms with Crippen LogP contribution >= 0.6 is 0 Å². The molecule has 2 aromatic rings. The summed E-state index contributed by atoms with van der Waals surface area (Å²) in [7, 11) is 1.42. The Labute approximate surface area is 193 Å². The Kier molecular flexibility index (Phi) is 7.71. The number of nitrogens with one attached hydrogen (secondary N) is 2. The zero-order valence-electron chi connectivity index (χ0n) is 19.1. The lowest BCUT2D eigenvalue weighted by Gasteiger charge is -2.25. The molecule has 2 amide bonds. The zero-order valence-corrected chi connectivity index (χ0v) is 19.1. The third kappa shape index (κ3) is 5.51. The summed E-state index contributed by atoms with van der Waals surface area (Å²) in [5, 5.41) is 14.4. The molecule has 2 aromatic carbocycles. The van der Waals surface area contributed by atoms with Gasteiger partial charge in [0, 0.05) is 19.6 Å². The molecule has 3 N–H and O–H groups in total. The van der Waals surface area contributed by atoms with E-state index in [4.69, 9.17) is 9.47 Å². The minimum Gasteiger partial charge on any atom is -0.480 e. The molecule has 8 nitrogen and oxygen atoms in total. The van der Waals surface area contributed by atoms with Crippen LogP contribution in [0, 0.1) is 0 Å². The van der Waals surface area contributed by atoms with E-state index < -0.39 is 29.6 Å². The van der Waals surface area contributed by atoms with E-state index in [1.54, 1.807) is 6.92 Å². The third-order valence-electron chi connectivity index (χ3n) is 6.16. The Morgan fingerprint density at radius 3 is 2.15 bits per heavy atom. The minimum atomic E-state index is -1.35. The molecule has 1 aliphatic rings. The number of carboxylic acid groups (broad SMARTS) is 1. The van der Waals surface area contributed by atoms with E-state index in [0.717, 1.165) is 22.3 Å². The molecule has 0 aliphatic heterocycles. The van der Waals surface area contributed by atoms with E-state index >= 15 is 0 Å². The Morgan fingerprint density at radius 2 is 1.64 bits per heavy atom. The Morgan fingerprint density at radius 1 is 1.06 bits per heavy atom. The fourth-order valence-corrected chi connectivity index (χ4v) is 3.94. The quantitative estimate of drug-likeness (QED) is 0.508. The maximum atomic E-state index is 12.3. The summed E-state index contributed by atoms with van der Waals surface area (Å²) in [6.45, 7) is 3.37. The van der Waals surface area contributed by atoms with Crippen molar-refractivity contribution < 1.29 is 29.0 Å². The molecule has 2 unspecified atom stereocenters. The largest absolute Gasteiger partial charge is 0.480 e. The van der Waals surface area contributed by atoms with E-state index in [1.807, 2.05) is 36.4 Å². The minimum absolute atomic E-state index is 0.0464. The monoisotopic (exact) mass is 454 g/mol. The van der Waals surface area contributed by atoms with Gasteiger partial charge in [-0.05, 0) is 35.6 Å². The average molecular weight is 455 g/mol. The topological polar surface area (TPSA) is 114 Å². The smallest absolute Gasteiger partial charge is 0.407 e. The number of amides is 2. The summed E-state index contributed by atoms with van der Waals surface area (Å²) in [6, 6.07) is 16.1. The standard InChI is InChI=1S/C25H30N2O6/c1-4-25(2,23(29)30)27-22(28)13-16(32-3)14-26-24(31)33-15-21-19-11-7-5-9-17(19)18-10-6-8-12-20(18)21/h5-12,16,21H,4,13-15H2,1-3H3,(H,26,31)(H,27,28)(H,29,30). The number of fused-ring (bicyclic) bond motifs is 3. The van der Waals surface area contributed by atoms with E-state index in [0.29, 0.717) is 0 Å². The van der Waals surface area contributed by atoms with Crippen molar-refractivity contribution in [2.45, 2.75) is 44.2 Å². The van der Waals surface area contributed by atoms with Crippen LogP contribution in [-0.2, 0) is 19.1 Å². The van der Waals surface area contributed by atoms with Gasteiger partial charge in [-0.3, -0.25) is 4.79 Å². The van der Waals surface area contributed by atoms with Gasteiger partial charge in [0.1, 0.15) is 12.1 Å². The predicted molar refractivity (Wildman–Crippen MR) is 123 cm³/mol. The number of rotatable bonds is 10. The van der Waals surface area contributed by atoms with Gasteiger partial charge in [-0.25, -0.2) is 9.59 Å². The molecule has 176 valence electrons. The SMILES string of the molecule is CCC(C)(NC(=O)CC(CNC(=O)OCC1c2ccccc2-c2ccccc21)OC)C(=O)O. The molecule has 0 aromatic heterocycles. The lowest BCUT2D eigenvalue weighted by molar-refractivity contribution is -0.147. The van der Waals surface area contributed by atoms with Crippen molar-refractivity contribution in [2.75, 3.05) is 20.3 Å². The molecule has 0 radical (unpaired) electrons. The molecule has 0 heterocycles. The van der Waals surface area contributed by atoms with Crippen molar-refractivity contribution >= 4 is 18.0 Å². The number of benzene rings is 2. The van der Waals surface area contributed by atoms with Crippen LogP contribution in [0.4, 0.5) is 4.79 Å². The Balaban J connectivity index is 1.52. The average Bonchev–Trinajstić information content (AvgIpc) is 3.13. The summed E-state index contributed by atoms with van der Waals surface area (Å²) in [5.74, 6) is -1.62. The zero-order chi connectivity index (χ0) is 24.0. The van der Waals surface area contributed by atoms with Gasteiger partial charge in [-0.2, -0.15) is 0 Å². The van der Waals surface area contributed by atoms with Crippen molar-refractivity contribution in [1.82, 2.24) is 10.6 Å². The van der Waals surface area contributed by atoms with Crippen LogP contribution in [0.25, 0.3) is 11.1 Å². The lowest BCUT2D eigenvalue weighted by Crippen LogP contribution is -2.52. The summed E-state index contributed by atoms with van der Waals surface area (Å²) in [6.07, 6.45) is -1.09. The second kappa shape index (κ2) is 10.5. The molecule has 1 aliphatic carbocycles. The van der Waals surface area contributed by atoms with Crippen molar-refractivity contribution in [2.24, 2.45) is 0 Å². The van der Waals surface area contributed by atoms with E-state index in [1.165, 1.54) is 14.0 Å². The van der Waals surface area contributed by atoms with E-state index in [2.05, 4.69) is 22.8 Å². The Bertz CT molecular complexity index is 978. The Hall–Kier alpha value is -3.39. The molecule has 2 atom stereocenters. The van der Waals surface area contributed by atoms with E-state index in [-0.39, 0.29) is 31.9 Å². The van der Waals surface area contributed by atoms with E-state index in [9.17, 15) is 19.5 Å². The second-order valence-corrected chi connectivity index (χ2v) is 8.31. The number of hydrogen-bond donors (Lipinski definition) is 3. The maximum Gasteiger partial charge on any atom is 0.407 e. The molecule has 0 fully saturated rings. The summed E-state index contributed by atoms with van der Waals surface area (Å²) in [4.78, 5) is 36.0. The summed E-state index contributed by atoms with van der Waals surface area (Å²) in [5.41, 5.74) is 3.18. The number of carboxylic acids is 1. The number of alkyl carbamates (subject to hydrolysis) is 1. The van der Waals surface area contributed by atoms with Crippen molar-refractivity contribution in [1.29, 1.82) is 0 Å². The van der Waals surface area contributed by atoms with Crippen LogP contribution in [0.15, 0.2) is 48.5 Å². The number of carbonyl (C=O) groups is 3. The number of carbonyl (C=O) groups excluding carboxylic acids is 2. The van der Waals surface area contributed by atoms with Gasteiger partial charge >= 0.3 is 12.1 Å². The normalized spacial score (nSPS) is 15.0. The highest BCUT2D eigenvalue weighted by molar-refractivity contribution is 5.86. The highest BCUT2D eigenvalue weighted by Crippen LogP contribution is 2.44. The lowest BCUT2D eigenvalue weighted by atomic mass is 9.98. The fourth-order valence-electron chi connectivity index (χ4n) is 3.94. The fraction of sp³-hybridized carbons (Fsp3) is 0.400. The molecule has 0 spiro atoms. The van der Waals surface area contributed by atoms with Gasteiger partial charge in [0.25, 0.3) is 0 Å². The van der Waals surface area contributed by atoms with Crippen molar-refractivity contribution in [3.63, 3.8) is 0 Å². The van der Waals surface area contributed by atoms with Crippen molar-refractivity contribution in [3.05, 3.63) is 59.7 Å². The van der Waals surface area contributed by atoms with Crippen LogP contribution in [0.3, 0.4) is 0 Å². The summed E-state index contributed by atoms with van der Waals surface area (Å²) < 4.78 is 10.8. The number of ether oxygens (including phenoxy) is 2. The molecule has 0 saturated carbocycles. The van der Waals surface area contributed by atoms with Gasteiger partial charge in [0.2, 0.25) is 5.91 Å². The van der Waals surface area contributed by atoms with Gasteiger partial charge < -0.3 is 25.2 Å². The first-order valence-electron chi connectivity index (χ1n) is 10.9. The number of methoxy groups -OCH3 is 1. The van der Waals surface area contributed by atoms with Gasteiger partial charge in [0.05, 0.1) is 12.5 Å². The van der Waals surface area contributed by atoms with Crippen LogP contribution in [0.5, 0.6) is 0 Å². The first kappa shape index (κ1) is 24.3. The first-order chi connectivity index (χ1) is 15.8. The molecular weight excluding hydrogens is 424 g/mol. The summed E-state index contributed by atoms with van der Waals surface area (Å²) >= 11 is 0. The predicted octanol–water partition coefficient (Wildman–Crippen LogP) is 3.30. The highest BCUT2D eigenvalue weighted by atomic mass is 16.5. The van der Waals surface area contributed by atoms with Gasteiger partial charge in [-0.15, -0.1) is 0 Å². The molecule has 33 heavy (non-hydrogen) atoms. The molecule has 0 bridgehead atoms. The highest BCUT2D eigenvalue weighted by Gasteiger charge is 2.33. The van der Waals surface area contributed by atoms with Crippen LogP contribution in [0.1, 0.15) is 43.7 Å². The third-order valence-corrected chi connectivity index (χ3v) is 6.16. The second-order valence-electron chi connectivity index (χ2n) is 8.31. The van der Waals surface area contributed by atoms with Gasteiger partial charge in [0.15, 0.2) is 0 Å².